The van der Waals surface area contributed by atoms with Gasteiger partial charge in [-0.15, -0.1) is 0 Å². The zero-order valence-electron chi connectivity index (χ0n) is 15.0. The number of rotatable bonds is 2. The molecule has 0 aliphatic carbocycles. The van der Waals surface area contributed by atoms with Crippen LogP contribution in [0, 0.1) is 0 Å². The molecule has 0 aliphatic rings. The quantitative estimate of drug-likeness (QED) is 0.361. The largest absolute Gasteiger partial charge is 0.336 e. The molecule has 25 heavy (non-hydrogen) atoms. The maximum Gasteiger partial charge on any atom is 0.0501 e. The zero-order chi connectivity index (χ0) is 17.4. The van der Waals surface area contributed by atoms with Gasteiger partial charge in [-0.3, -0.25) is 0 Å². The molecule has 0 aromatic heterocycles. The molecule has 4 aromatic rings. The van der Waals surface area contributed by atoms with Crippen molar-refractivity contribution >= 4 is 32.9 Å². The van der Waals surface area contributed by atoms with Gasteiger partial charge in [-0.2, -0.15) is 0 Å². The highest BCUT2D eigenvalue weighted by Crippen LogP contribution is 2.40. The summed E-state index contributed by atoms with van der Waals surface area (Å²) in [7, 11) is 0. The zero-order valence-corrected chi connectivity index (χ0v) is 15.0. The summed E-state index contributed by atoms with van der Waals surface area (Å²) in [5.41, 5.74) is 2.44. The maximum atomic E-state index is 2.45. The average molecular weight is 325 g/mol. The predicted molar refractivity (Wildman–Crippen MR) is 110 cm³/mol. The molecule has 0 aliphatic heterocycles. The van der Waals surface area contributed by atoms with Gasteiger partial charge in [0.2, 0.25) is 0 Å². The first-order chi connectivity index (χ1) is 12.1. The summed E-state index contributed by atoms with van der Waals surface area (Å²) >= 11 is 0. The molecule has 0 heterocycles. The first-order valence-corrected chi connectivity index (χ1v) is 8.81. The van der Waals surface area contributed by atoms with Crippen LogP contribution in [0.2, 0.25) is 0 Å². The Morgan fingerprint density at radius 1 is 0.600 bits per heavy atom. The van der Waals surface area contributed by atoms with Gasteiger partial charge in [0.1, 0.15) is 0 Å². The van der Waals surface area contributed by atoms with E-state index in [1.807, 2.05) is 0 Å². The minimum absolute atomic E-state index is 0.0351. The molecule has 1 heteroatoms. The van der Waals surface area contributed by atoms with Crippen LogP contribution in [0.15, 0.2) is 84.9 Å². The van der Waals surface area contributed by atoms with Crippen molar-refractivity contribution in [2.45, 2.75) is 26.3 Å². The molecule has 0 radical (unpaired) electrons. The summed E-state index contributed by atoms with van der Waals surface area (Å²) in [5.74, 6) is 0. The van der Waals surface area contributed by atoms with Gasteiger partial charge in [0.05, 0.1) is 5.69 Å². The van der Waals surface area contributed by atoms with Crippen LogP contribution in [-0.2, 0) is 0 Å². The summed E-state index contributed by atoms with van der Waals surface area (Å²) in [6.45, 7) is 6.80. The van der Waals surface area contributed by atoms with E-state index >= 15 is 0 Å². The number of hydrogen-bond acceptors (Lipinski definition) is 1. The molecule has 0 unspecified atom stereocenters. The van der Waals surface area contributed by atoms with Crippen LogP contribution in [0.25, 0.3) is 21.5 Å². The standard InChI is InChI=1S/C24H23N/c1-24(2,3)25(19-12-5-4-6-13-19)23-17-18-11-7-8-14-20(18)21-15-9-10-16-22(21)23/h4-17H,1-3H3. The normalized spacial score (nSPS) is 11.8. The van der Waals surface area contributed by atoms with E-state index in [2.05, 4.69) is 111 Å². The summed E-state index contributed by atoms with van der Waals surface area (Å²) in [4.78, 5) is 2.45. The summed E-state index contributed by atoms with van der Waals surface area (Å²) in [5, 5.41) is 5.19. The van der Waals surface area contributed by atoms with Crippen molar-refractivity contribution in [3.8, 4) is 0 Å². The highest BCUT2D eigenvalue weighted by molar-refractivity contribution is 6.13. The minimum Gasteiger partial charge on any atom is -0.336 e. The van der Waals surface area contributed by atoms with Crippen LogP contribution in [0.5, 0.6) is 0 Å². The third-order valence-corrected chi connectivity index (χ3v) is 4.67. The third kappa shape index (κ3) is 2.76. The Kier molecular flexibility index (Phi) is 3.73. The lowest BCUT2D eigenvalue weighted by atomic mass is 9.96. The van der Waals surface area contributed by atoms with E-state index in [-0.39, 0.29) is 5.54 Å². The molecule has 0 fully saturated rings. The molecule has 0 N–H and O–H groups in total. The van der Waals surface area contributed by atoms with Crippen molar-refractivity contribution in [2.75, 3.05) is 4.90 Å². The number of nitrogens with zero attached hydrogens (tertiary/aromatic N) is 1. The molecule has 0 bridgehead atoms. The van der Waals surface area contributed by atoms with Gasteiger partial charge in [0, 0.05) is 16.6 Å². The fourth-order valence-electron chi connectivity index (χ4n) is 3.68. The summed E-state index contributed by atoms with van der Waals surface area (Å²) < 4.78 is 0. The fourth-order valence-corrected chi connectivity index (χ4v) is 3.68. The Labute approximate surface area is 149 Å². The molecule has 0 spiro atoms. The molecule has 124 valence electrons. The number of anilines is 2. The van der Waals surface area contributed by atoms with E-state index in [1.54, 1.807) is 0 Å². The molecule has 4 rings (SSSR count). The van der Waals surface area contributed by atoms with Crippen LogP contribution < -0.4 is 4.90 Å². The molecular weight excluding hydrogens is 302 g/mol. The second kappa shape index (κ2) is 5.93. The molecule has 0 saturated heterocycles. The second-order valence-corrected chi connectivity index (χ2v) is 7.50. The molecule has 0 saturated carbocycles. The van der Waals surface area contributed by atoms with Gasteiger partial charge < -0.3 is 4.90 Å². The van der Waals surface area contributed by atoms with Crippen molar-refractivity contribution < 1.29 is 0 Å². The van der Waals surface area contributed by atoms with Gasteiger partial charge in [-0.05, 0) is 55.1 Å². The Morgan fingerprint density at radius 3 is 1.84 bits per heavy atom. The Morgan fingerprint density at radius 2 is 1.16 bits per heavy atom. The van der Waals surface area contributed by atoms with Gasteiger partial charge in [-0.25, -0.2) is 0 Å². The van der Waals surface area contributed by atoms with Crippen LogP contribution in [-0.4, -0.2) is 5.54 Å². The predicted octanol–water partition coefficient (Wildman–Crippen LogP) is 6.93. The Hall–Kier alpha value is -2.80. The highest BCUT2D eigenvalue weighted by Gasteiger charge is 2.25. The highest BCUT2D eigenvalue weighted by atomic mass is 15.2. The third-order valence-electron chi connectivity index (χ3n) is 4.67. The number of fused-ring (bicyclic) bond motifs is 3. The lowest BCUT2D eigenvalue weighted by molar-refractivity contribution is 0.561. The molecule has 0 amide bonds. The van der Waals surface area contributed by atoms with Crippen LogP contribution >= 0.6 is 0 Å². The summed E-state index contributed by atoms with van der Waals surface area (Å²) in [6.07, 6.45) is 0. The van der Waals surface area contributed by atoms with Crippen molar-refractivity contribution in [1.29, 1.82) is 0 Å². The van der Waals surface area contributed by atoms with Crippen molar-refractivity contribution in [3.05, 3.63) is 84.9 Å². The van der Waals surface area contributed by atoms with Crippen molar-refractivity contribution in [3.63, 3.8) is 0 Å². The van der Waals surface area contributed by atoms with E-state index in [0.29, 0.717) is 0 Å². The van der Waals surface area contributed by atoms with Crippen LogP contribution in [0.4, 0.5) is 11.4 Å². The van der Waals surface area contributed by atoms with Crippen LogP contribution in [0.1, 0.15) is 20.8 Å². The van der Waals surface area contributed by atoms with E-state index in [1.165, 1.54) is 32.9 Å². The average Bonchev–Trinajstić information content (AvgIpc) is 2.62. The molecule has 0 atom stereocenters. The number of para-hydroxylation sites is 1. The topological polar surface area (TPSA) is 3.24 Å². The second-order valence-electron chi connectivity index (χ2n) is 7.50. The smallest absolute Gasteiger partial charge is 0.0501 e. The van der Waals surface area contributed by atoms with E-state index in [4.69, 9.17) is 0 Å². The molecule has 1 nitrogen and oxygen atoms in total. The minimum atomic E-state index is -0.0351. The lowest BCUT2D eigenvalue weighted by Gasteiger charge is -2.39. The molecule has 4 aromatic carbocycles. The lowest BCUT2D eigenvalue weighted by Crippen LogP contribution is -2.37. The maximum absolute atomic E-state index is 2.45. The van der Waals surface area contributed by atoms with Gasteiger partial charge in [-0.1, -0.05) is 66.7 Å². The first kappa shape index (κ1) is 15.7. The SMILES string of the molecule is CC(C)(C)N(c1ccccc1)c1cc2ccccc2c2ccccc12. The van der Waals surface area contributed by atoms with E-state index < -0.39 is 0 Å². The monoisotopic (exact) mass is 325 g/mol. The van der Waals surface area contributed by atoms with Crippen molar-refractivity contribution in [1.82, 2.24) is 0 Å². The van der Waals surface area contributed by atoms with E-state index in [9.17, 15) is 0 Å². The molecular formula is C24H23N. The van der Waals surface area contributed by atoms with Gasteiger partial charge in [0.25, 0.3) is 0 Å². The van der Waals surface area contributed by atoms with Crippen LogP contribution in [0.3, 0.4) is 0 Å². The van der Waals surface area contributed by atoms with Gasteiger partial charge in [0.15, 0.2) is 0 Å². The Balaban J connectivity index is 2.09. The van der Waals surface area contributed by atoms with Gasteiger partial charge >= 0.3 is 0 Å². The summed E-state index contributed by atoms with van der Waals surface area (Å²) in [6, 6.07) is 30.4. The Bertz CT molecular complexity index is 1030. The van der Waals surface area contributed by atoms with E-state index in [0.717, 1.165) is 0 Å². The number of benzene rings is 4. The number of hydrogen-bond donors (Lipinski definition) is 0. The fraction of sp³-hybridized carbons (Fsp3) is 0.167. The first-order valence-electron chi connectivity index (χ1n) is 8.81. The van der Waals surface area contributed by atoms with Crippen molar-refractivity contribution in [2.24, 2.45) is 0 Å².